The molecule has 0 bridgehead atoms. The van der Waals surface area contributed by atoms with E-state index in [2.05, 4.69) is 53.8 Å². The maximum atomic E-state index is 4.79. The van der Waals surface area contributed by atoms with Gasteiger partial charge in [0.15, 0.2) is 0 Å². The zero-order valence-electron chi connectivity index (χ0n) is 13.6. The van der Waals surface area contributed by atoms with Crippen LogP contribution in [-0.2, 0) is 7.05 Å². The van der Waals surface area contributed by atoms with Crippen molar-refractivity contribution in [1.82, 2.24) is 9.78 Å². The van der Waals surface area contributed by atoms with Crippen LogP contribution in [0.3, 0.4) is 0 Å². The number of aromatic nitrogens is 2. The van der Waals surface area contributed by atoms with E-state index in [4.69, 9.17) is 5.10 Å². The van der Waals surface area contributed by atoms with Crippen LogP contribution >= 0.6 is 0 Å². The van der Waals surface area contributed by atoms with Crippen molar-refractivity contribution in [3.05, 3.63) is 48.5 Å². The van der Waals surface area contributed by atoms with Crippen molar-refractivity contribution in [2.75, 3.05) is 5.32 Å². The summed E-state index contributed by atoms with van der Waals surface area (Å²) >= 11 is 0. The molecule has 1 saturated carbocycles. The van der Waals surface area contributed by atoms with Gasteiger partial charge < -0.3 is 5.32 Å². The van der Waals surface area contributed by atoms with E-state index in [1.807, 2.05) is 11.7 Å². The van der Waals surface area contributed by atoms with Crippen molar-refractivity contribution < 1.29 is 0 Å². The number of fused-ring (bicyclic) bond motifs is 1. The molecule has 3 nitrogen and oxygen atoms in total. The minimum atomic E-state index is 0.596. The Kier molecular flexibility index (Phi) is 3.78. The maximum absolute atomic E-state index is 4.79. The Morgan fingerprint density at radius 1 is 0.957 bits per heavy atom. The number of anilines is 1. The fourth-order valence-corrected chi connectivity index (χ4v) is 3.70. The van der Waals surface area contributed by atoms with Crippen LogP contribution in [0.1, 0.15) is 32.1 Å². The van der Waals surface area contributed by atoms with Gasteiger partial charge in [-0.3, -0.25) is 4.68 Å². The van der Waals surface area contributed by atoms with Gasteiger partial charge in [-0.15, -0.1) is 0 Å². The number of hydrogen-bond acceptors (Lipinski definition) is 2. The SMILES string of the molecule is Cn1nc(-c2ccccc2)c2c(NC3CCCCC3)cccc21. The second-order valence-electron chi connectivity index (χ2n) is 6.52. The molecule has 3 heteroatoms. The van der Waals surface area contributed by atoms with E-state index in [9.17, 15) is 0 Å². The zero-order valence-corrected chi connectivity index (χ0v) is 13.6. The lowest BCUT2D eigenvalue weighted by molar-refractivity contribution is 0.463. The molecule has 0 amide bonds. The van der Waals surface area contributed by atoms with Crippen LogP contribution in [0.5, 0.6) is 0 Å². The summed E-state index contributed by atoms with van der Waals surface area (Å²) in [6, 6.07) is 17.6. The van der Waals surface area contributed by atoms with Gasteiger partial charge in [0.1, 0.15) is 5.69 Å². The smallest absolute Gasteiger partial charge is 0.102 e. The summed E-state index contributed by atoms with van der Waals surface area (Å²) in [7, 11) is 2.03. The van der Waals surface area contributed by atoms with Crippen LogP contribution in [0.15, 0.2) is 48.5 Å². The largest absolute Gasteiger partial charge is 0.382 e. The Labute approximate surface area is 137 Å². The van der Waals surface area contributed by atoms with Crippen molar-refractivity contribution in [1.29, 1.82) is 0 Å². The monoisotopic (exact) mass is 305 g/mol. The Bertz CT molecular complexity index is 798. The molecule has 0 radical (unpaired) electrons. The number of hydrogen-bond donors (Lipinski definition) is 1. The zero-order chi connectivity index (χ0) is 15.6. The molecule has 2 aromatic carbocycles. The Morgan fingerprint density at radius 2 is 1.74 bits per heavy atom. The van der Waals surface area contributed by atoms with Gasteiger partial charge in [0.05, 0.1) is 10.9 Å². The van der Waals surface area contributed by atoms with Gasteiger partial charge >= 0.3 is 0 Å². The molecule has 0 aliphatic heterocycles. The molecule has 1 N–H and O–H groups in total. The number of rotatable bonds is 3. The number of nitrogens with zero attached hydrogens (tertiary/aromatic N) is 2. The van der Waals surface area contributed by atoms with E-state index in [1.54, 1.807) is 0 Å². The maximum Gasteiger partial charge on any atom is 0.102 e. The molecule has 23 heavy (non-hydrogen) atoms. The van der Waals surface area contributed by atoms with Gasteiger partial charge in [-0.2, -0.15) is 5.10 Å². The first-order valence-corrected chi connectivity index (χ1v) is 8.60. The molecule has 1 aliphatic rings. The summed E-state index contributed by atoms with van der Waals surface area (Å²) in [5, 5.41) is 9.83. The van der Waals surface area contributed by atoms with Gasteiger partial charge in [0.2, 0.25) is 0 Å². The molecule has 118 valence electrons. The topological polar surface area (TPSA) is 29.9 Å². The Balaban J connectivity index is 1.81. The summed E-state index contributed by atoms with van der Waals surface area (Å²) < 4.78 is 1.99. The van der Waals surface area contributed by atoms with E-state index in [0.29, 0.717) is 6.04 Å². The van der Waals surface area contributed by atoms with Crippen LogP contribution in [-0.4, -0.2) is 15.8 Å². The number of benzene rings is 2. The second-order valence-corrected chi connectivity index (χ2v) is 6.52. The van der Waals surface area contributed by atoms with Crippen LogP contribution in [0.25, 0.3) is 22.2 Å². The molecule has 0 unspecified atom stereocenters. The summed E-state index contributed by atoms with van der Waals surface area (Å²) in [5.41, 5.74) is 4.66. The molecule has 0 spiro atoms. The van der Waals surface area contributed by atoms with Crippen LogP contribution in [0, 0.1) is 0 Å². The van der Waals surface area contributed by atoms with Crippen molar-refractivity contribution in [2.24, 2.45) is 7.05 Å². The standard InChI is InChI=1S/C20H23N3/c1-23-18-14-8-13-17(21-16-11-6-3-7-12-16)19(18)20(22-23)15-9-4-2-5-10-15/h2,4-5,8-10,13-14,16,21H,3,6-7,11-12H2,1H3. The van der Waals surface area contributed by atoms with Gasteiger partial charge in [-0.1, -0.05) is 55.7 Å². The van der Waals surface area contributed by atoms with E-state index in [0.717, 1.165) is 5.69 Å². The first kappa shape index (κ1) is 14.3. The van der Waals surface area contributed by atoms with Crippen molar-refractivity contribution >= 4 is 16.6 Å². The Morgan fingerprint density at radius 3 is 2.52 bits per heavy atom. The minimum absolute atomic E-state index is 0.596. The first-order chi connectivity index (χ1) is 11.3. The van der Waals surface area contributed by atoms with Crippen LogP contribution < -0.4 is 5.32 Å². The highest BCUT2D eigenvalue weighted by atomic mass is 15.3. The molecule has 0 saturated heterocycles. The summed E-state index contributed by atoms with van der Waals surface area (Å²) in [5.74, 6) is 0. The van der Waals surface area contributed by atoms with E-state index >= 15 is 0 Å². The van der Waals surface area contributed by atoms with E-state index in [-0.39, 0.29) is 0 Å². The first-order valence-electron chi connectivity index (χ1n) is 8.60. The van der Waals surface area contributed by atoms with E-state index in [1.165, 1.54) is 54.3 Å². The fourth-order valence-electron chi connectivity index (χ4n) is 3.70. The molecule has 1 aliphatic carbocycles. The van der Waals surface area contributed by atoms with Gasteiger partial charge in [-0.25, -0.2) is 0 Å². The second kappa shape index (κ2) is 6.07. The van der Waals surface area contributed by atoms with Gasteiger partial charge in [0, 0.05) is 24.3 Å². The molecule has 4 rings (SSSR count). The minimum Gasteiger partial charge on any atom is -0.382 e. The summed E-state index contributed by atoms with van der Waals surface area (Å²) in [6.45, 7) is 0. The van der Waals surface area contributed by atoms with Gasteiger partial charge in [0.25, 0.3) is 0 Å². The van der Waals surface area contributed by atoms with Crippen molar-refractivity contribution in [3.63, 3.8) is 0 Å². The van der Waals surface area contributed by atoms with E-state index < -0.39 is 0 Å². The predicted molar refractivity (Wildman–Crippen MR) is 96.6 cm³/mol. The average Bonchev–Trinajstić information content (AvgIpc) is 2.95. The Hall–Kier alpha value is -2.29. The quantitative estimate of drug-likeness (QED) is 0.739. The average molecular weight is 305 g/mol. The lowest BCUT2D eigenvalue weighted by Gasteiger charge is -2.24. The number of aryl methyl sites for hydroxylation is 1. The molecule has 0 atom stereocenters. The van der Waals surface area contributed by atoms with Crippen molar-refractivity contribution in [3.8, 4) is 11.3 Å². The van der Waals surface area contributed by atoms with Gasteiger partial charge in [-0.05, 0) is 25.0 Å². The third kappa shape index (κ3) is 2.72. The molecular formula is C20H23N3. The lowest BCUT2D eigenvalue weighted by Crippen LogP contribution is -2.22. The molecule has 3 aromatic rings. The predicted octanol–water partition coefficient (Wildman–Crippen LogP) is 4.98. The summed E-state index contributed by atoms with van der Waals surface area (Å²) in [6.07, 6.45) is 6.61. The molecule has 1 heterocycles. The van der Waals surface area contributed by atoms with Crippen LogP contribution in [0.2, 0.25) is 0 Å². The summed E-state index contributed by atoms with van der Waals surface area (Å²) in [4.78, 5) is 0. The number of nitrogens with one attached hydrogen (secondary N) is 1. The lowest BCUT2D eigenvalue weighted by atomic mass is 9.95. The molecule has 1 fully saturated rings. The van der Waals surface area contributed by atoms with Crippen molar-refractivity contribution in [2.45, 2.75) is 38.1 Å². The van der Waals surface area contributed by atoms with Crippen LogP contribution in [0.4, 0.5) is 5.69 Å². The third-order valence-corrected chi connectivity index (χ3v) is 4.89. The fraction of sp³-hybridized carbons (Fsp3) is 0.350. The highest BCUT2D eigenvalue weighted by molar-refractivity contribution is 6.02. The normalized spacial score (nSPS) is 15.9. The third-order valence-electron chi connectivity index (χ3n) is 4.89. The molecular weight excluding hydrogens is 282 g/mol. The molecule has 1 aromatic heterocycles. The highest BCUT2D eigenvalue weighted by Gasteiger charge is 2.18. The highest BCUT2D eigenvalue weighted by Crippen LogP contribution is 2.34.